The highest BCUT2D eigenvalue weighted by molar-refractivity contribution is 6.30. The van der Waals surface area contributed by atoms with E-state index in [1.807, 2.05) is 12.1 Å². The number of rotatable bonds is 4. The fraction of sp³-hybridized carbons (Fsp3) is 0.357. The van der Waals surface area contributed by atoms with E-state index in [-0.39, 0.29) is 0 Å². The zero-order valence-electron chi connectivity index (χ0n) is 11.0. The molecule has 1 aromatic carbocycles. The smallest absolute Gasteiger partial charge is 0.190 e. The van der Waals surface area contributed by atoms with Crippen LogP contribution in [0.3, 0.4) is 0 Å². The molecule has 0 atom stereocenters. The maximum Gasteiger partial charge on any atom is 0.190 e. The molecule has 0 aliphatic rings. The van der Waals surface area contributed by atoms with Gasteiger partial charge in [-0.3, -0.25) is 0 Å². The molecule has 19 heavy (non-hydrogen) atoms. The first-order valence-electron chi connectivity index (χ1n) is 6.21. The van der Waals surface area contributed by atoms with E-state index in [1.54, 1.807) is 16.8 Å². The predicted octanol–water partition coefficient (Wildman–Crippen LogP) is 3.52. The van der Waals surface area contributed by atoms with Crippen molar-refractivity contribution in [3.63, 3.8) is 0 Å². The summed E-state index contributed by atoms with van der Waals surface area (Å²) >= 11 is 5.89. The van der Waals surface area contributed by atoms with Gasteiger partial charge in [0.2, 0.25) is 0 Å². The van der Waals surface area contributed by atoms with E-state index in [9.17, 15) is 0 Å². The molecular formula is C14H15ClN4. The van der Waals surface area contributed by atoms with E-state index in [0.717, 1.165) is 24.2 Å². The number of aryl methyl sites for hydroxylation is 1. The summed E-state index contributed by atoms with van der Waals surface area (Å²) in [6.45, 7) is 5.07. The summed E-state index contributed by atoms with van der Waals surface area (Å²) in [6.07, 6.45) is 0.995. The van der Waals surface area contributed by atoms with Crippen LogP contribution in [0.15, 0.2) is 24.3 Å². The molecule has 0 unspecified atom stereocenters. The lowest BCUT2D eigenvalue weighted by Crippen LogP contribution is -2.05. The Bertz CT molecular complexity index is 593. The molecule has 4 nitrogen and oxygen atoms in total. The second-order valence-corrected chi connectivity index (χ2v) is 5.25. The topological polar surface area (TPSA) is 54.5 Å². The van der Waals surface area contributed by atoms with E-state index in [4.69, 9.17) is 16.9 Å². The zero-order chi connectivity index (χ0) is 13.8. The number of nitriles is 1. The highest BCUT2D eigenvalue weighted by atomic mass is 35.5. The van der Waals surface area contributed by atoms with E-state index in [1.165, 1.54) is 0 Å². The Kier molecular flexibility index (Phi) is 4.18. The molecule has 1 heterocycles. The summed E-state index contributed by atoms with van der Waals surface area (Å²) in [4.78, 5) is 0. The molecular weight excluding hydrogens is 260 g/mol. The minimum Gasteiger partial charge on any atom is -0.243 e. The van der Waals surface area contributed by atoms with Gasteiger partial charge in [0.1, 0.15) is 11.8 Å². The van der Waals surface area contributed by atoms with Crippen LogP contribution in [0.5, 0.6) is 0 Å². The lowest BCUT2D eigenvalue weighted by Gasteiger charge is -2.08. The molecule has 1 aromatic heterocycles. The van der Waals surface area contributed by atoms with Crippen molar-refractivity contribution < 1.29 is 0 Å². The lowest BCUT2D eigenvalue weighted by atomic mass is 10.1. The van der Waals surface area contributed by atoms with Crippen LogP contribution >= 0.6 is 11.6 Å². The van der Waals surface area contributed by atoms with Crippen LogP contribution in [0.25, 0.3) is 11.3 Å². The monoisotopic (exact) mass is 274 g/mol. The molecule has 0 aliphatic heterocycles. The van der Waals surface area contributed by atoms with Crippen molar-refractivity contribution in [2.24, 2.45) is 5.92 Å². The molecule has 0 aliphatic carbocycles. The third-order valence-electron chi connectivity index (χ3n) is 2.88. The van der Waals surface area contributed by atoms with Crippen molar-refractivity contribution in [2.75, 3.05) is 0 Å². The normalized spacial score (nSPS) is 10.7. The predicted molar refractivity (Wildman–Crippen MR) is 74.6 cm³/mol. The van der Waals surface area contributed by atoms with E-state index >= 15 is 0 Å². The number of halogens is 1. The van der Waals surface area contributed by atoms with Crippen molar-refractivity contribution in [3.05, 3.63) is 35.0 Å². The average molecular weight is 275 g/mol. The van der Waals surface area contributed by atoms with Gasteiger partial charge in [-0.25, -0.2) is 4.68 Å². The summed E-state index contributed by atoms with van der Waals surface area (Å²) in [5, 5.41) is 17.8. The summed E-state index contributed by atoms with van der Waals surface area (Å²) in [6, 6.07) is 9.46. The molecule has 0 radical (unpaired) electrons. The van der Waals surface area contributed by atoms with Crippen LogP contribution in [-0.4, -0.2) is 15.0 Å². The SMILES string of the molecule is CC(C)CCn1nnc(C#N)c1-c1ccc(Cl)cc1. The minimum absolute atomic E-state index is 0.353. The summed E-state index contributed by atoms with van der Waals surface area (Å²) in [7, 11) is 0. The molecule has 5 heteroatoms. The number of aromatic nitrogens is 3. The van der Waals surface area contributed by atoms with Crippen molar-refractivity contribution in [3.8, 4) is 17.3 Å². The Hall–Kier alpha value is -1.86. The van der Waals surface area contributed by atoms with Crippen LogP contribution in [0.4, 0.5) is 0 Å². The van der Waals surface area contributed by atoms with Gasteiger partial charge in [-0.1, -0.05) is 42.8 Å². The Morgan fingerprint density at radius 3 is 2.58 bits per heavy atom. The fourth-order valence-electron chi connectivity index (χ4n) is 1.82. The van der Waals surface area contributed by atoms with Crippen molar-refractivity contribution in [1.29, 1.82) is 5.26 Å². The molecule has 0 spiro atoms. The van der Waals surface area contributed by atoms with Crippen LogP contribution in [-0.2, 0) is 6.54 Å². The fourth-order valence-corrected chi connectivity index (χ4v) is 1.94. The highest BCUT2D eigenvalue weighted by Crippen LogP contribution is 2.24. The van der Waals surface area contributed by atoms with Crippen LogP contribution in [0.2, 0.25) is 5.02 Å². The van der Waals surface area contributed by atoms with Gasteiger partial charge in [0.05, 0.1) is 0 Å². The molecule has 0 fully saturated rings. The molecule has 0 N–H and O–H groups in total. The molecule has 0 amide bonds. The van der Waals surface area contributed by atoms with E-state index < -0.39 is 0 Å². The second-order valence-electron chi connectivity index (χ2n) is 4.81. The van der Waals surface area contributed by atoms with Crippen LogP contribution < -0.4 is 0 Å². The molecule has 0 bridgehead atoms. The first kappa shape index (κ1) is 13.6. The first-order chi connectivity index (χ1) is 9.11. The van der Waals surface area contributed by atoms with Crippen molar-refractivity contribution in [1.82, 2.24) is 15.0 Å². The van der Waals surface area contributed by atoms with Crippen molar-refractivity contribution in [2.45, 2.75) is 26.8 Å². The summed E-state index contributed by atoms with van der Waals surface area (Å²) in [5.74, 6) is 0.577. The Morgan fingerprint density at radius 2 is 2.00 bits per heavy atom. The summed E-state index contributed by atoms with van der Waals surface area (Å²) < 4.78 is 1.79. The van der Waals surface area contributed by atoms with Gasteiger partial charge < -0.3 is 0 Å². The molecule has 98 valence electrons. The standard InChI is InChI=1S/C14H15ClN4/c1-10(2)7-8-19-14(13(9-16)17-18-19)11-3-5-12(15)6-4-11/h3-6,10H,7-8H2,1-2H3. The first-order valence-corrected chi connectivity index (χ1v) is 6.59. The molecule has 2 aromatic rings. The number of nitrogens with zero attached hydrogens (tertiary/aromatic N) is 4. The van der Waals surface area contributed by atoms with Gasteiger partial charge >= 0.3 is 0 Å². The number of hydrogen-bond donors (Lipinski definition) is 0. The highest BCUT2D eigenvalue weighted by Gasteiger charge is 2.14. The Balaban J connectivity index is 2.39. The third kappa shape index (κ3) is 3.12. The maximum atomic E-state index is 9.13. The maximum absolute atomic E-state index is 9.13. The van der Waals surface area contributed by atoms with Gasteiger partial charge in [-0.05, 0) is 24.5 Å². The van der Waals surface area contributed by atoms with Gasteiger partial charge in [-0.2, -0.15) is 5.26 Å². The van der Waals surface area contributed by atoms with Gasteiger partial charge in [-0.15, -0.1) is 5.10 Å². The number of benzene rings is 1. The second kappa shape index (κ2) is 5.85. The van der Waals surface area contributed by atoms with E-state index in [0.29, 0.717) is 16.6 Å². The molecule has 0 saturated heterocycles. The van der Waals surface area contributed by atoms with Crippen molar-refractivity contribution >= 4 is 11.6 Å². The zero-order valence-corrected chi connectivity index (χ0v) is 11.7. The number of hydrogen-bond acceptors (Lipinski definition) is 3. The van der Waals surface area contributed by atoms with Gasteiger partial charge in [0.25, 0.3) is 0 Å². The Labute approximate surface area is 117 Å². The minimum atomic E-state index is 0.353. The largest absolute Gasteiger partial charge is 0.243 e. The van der Waals surface area contributed by atoms with Crippen LogP contribution in [0.1, 0.15) is 26.0 Å². The van der Waals surface area contributed by atoms with Gasteiger partial charge in [0.15, 0.2) is 5.69 Å². The average Bonchev–Trinajstić information content (AvgIpc) is 2.80. The summed E-state index contributed by atoms with van der Waals surface area (Å²) in [5.41, 5.74) is 2.03. The van der Waals surface area contributed by atoms with Gasteiger partial charge in [0, 0.05) is 17.1 Å². The van der Waals surface area contributed by atoms with Crippen LogP contribution in [0, 0.1) is 17.2 Å². The Morgan fingerprint density at radius 1 is 1.32 bits per heavy atom. The van der Waals surface area contributed by atoms with E-state index in [2.05, 4.69) is 30.2 Å². The molecule has 0 saturated carbocycles. The molecule has 2 rings (SSSR count). The lowest BCUT2D eigenvalue weighted by molar-refractivity contribution is 0.481. The quantitative estimate of drug-likeness (QED) is 0.857. The third-order valence-corrected chi connectivity index (χ3v) is 3.13.